The van der Waals surface area contributed by atoms with Crippen LogP contribution in [0.3, 0.4) is 0 Å². The van der Waals surface area contributed by atoms with Gasteiger partial charge in [0.05, 0.1) is 5.25 Å². The average molecular weight is 383 g/mol. The van der Waals surface area contributed by atoms with E-state index in [1.807, 2.05) is 42.2 Å². The highest BCUT2D eigenvalue weighted by Gasteiger charge is 2.29. The zero-order valence-corrected chi connectivity index (χ0v) is 16.7. The third-order valence-corrected chi connectivity index (χ3v) is 6.00. The number of nitrogens with zero attached hydrogens (tertiary/aromatic N) is 1. The summed E-state index contributed by atoms with van der Waals surface area (Å²) in [5.74, 6) is 0.173. The van der Waals surface area contributed by atoms with E-state index in [9.17, 15) is 9.59 Å². The molecule has 1 aliphatic heterocycles. The minimum Gasteiger partial charge on any atom is -0.342 e. The van der Waals surface area contributed by atoms with Gasteiger partial charge in [-0.3, -0.25) is 9.59 Å². The van der Waals surface area contributed by atoms with E-state index >= 15 is 0 Å². The minimum absolute atomic E-state index is 0.0330. The van der Waals surface area contributed by atoms with E-state index in [-0.39, 0.29) is 23.0 Å². The van der Waals surface area contributed by atoms with Crippen LogP contribution < -0.4 is 5.32 Å². The van der Waals surface area contributed by atoms with E-state index < -0.39 is 0 Å². The average Bonchev–Trinajstić information content (AvgIpc) is 2.70. The number of anilines is 1. The standard InChI is InChI=1S/C22H26N2O2S/c1-16-8-10-20(11-9-16)27-17(2)22(26)24-14-12-18(13-15-24)21(25)23-19-6-4-3-5-7-19/h3-11,17-18H,12-15H2,1-2H3,(H,23,25). The molecule has 142 valence electrons. The maximum Gasteiger partial charge on any atom is 0.235 e. The van der Waals surface area contributed by atoms with Gasteiger partial charge in [0.15, 0.2) is 0 Å². The molecule has 2 aromatic carbocycles. The van der Waals surface area contributed by atoms with Crippen LogP contribution in [0.25, 0.3) is 0 Å². The van der Waals surface area contributed by atoms with Crippen molar-refractivity contribution in [2.24, 2.45) is 5.92 Å². The van der Waals surface area contributed by atoms with E-state index in [1.54, 1.807) is 11.8 Å². The summed E-state index contributed by atoms with van der Waals surface area (Å²) in [7, 11) is 0. The highest BCUT2D eigenvalue weighted by atomic mass is 32.2. The fraction of sp³-hybridized carbons (Fsp3) is 0.364. The first-order valence-electron chi connectivity index (χ1n) is 9.41. The van der Waals surface area contributed by atoms with Crippen molar-refractivity contribution < 1.29 is 9.59 Å². The quantitative estimate of drug-likeness (QED) is 0.782. The number of benzene rings is 2. The smallest absolute Gasteiger partial charge is 0.235 e. The van der Waals surface area contributed by atoms with Crippen molar-refractivity contribution in [1.82, 2.24) is 4.90 Å². The molecular formula is C22H26N2O2S. The van der Waals surface area contributed by atoms with Gasteiger partial charge in [0.25, 0.3) is 0 Å². The first kappa shape index (κ1) is 19.5. The summed E-state index contributed by atoms with van der Waals surface area (Å²) in [6.07, 6.45) is 1.43. The number of rotatable bonds is 5. The van der Waals surface area contributed by atoms with Crippen LogP contribution in [0.1, 0.15) is 25.3 Å². The summed E-state index contributed by atoms with van der Waals surface area (Å²) >= 11 is 1.59. The SMILES string of the molecule is Cc1ccc(SC(C)C(=O)N2CCC(C(=O)Nc3ccccc3)CC2)cc1. The lowest BCUT2D eigenvalue weighted by molar-refractivity contribution is -0.133. The summed E-state index contributed by atoms with van der Waals surface area (Å²) < 4.78 is 0. The van der Waals surface area contributed by atoms with Gasteiger partial charge in [0.1, 0.15) is 0 Å². The third kappa shape index (κ3) is 5.36. The van der Waals surface area contributed by atoms with Gasteiger partial charge in [-0.1, -0.05) is 35.9 Å². The highest BCUT2D eigenvalue weighted by Crippen LogP contribution is 2.27. The van der Waals surface area contributed by atoms with E-state index in [2.05, 4.69) is 36.5 Å². The molecule has 5 heteroatoms. The van der Waals surface area contributed by atoms with Crippen LogP contribution in [0.5, 0.6) is 0 Å². The Bertz CT molecular complexity index is 769. The van der Waals surface area contributed by atoms with Gasteiger partial charge >= 0.3 is 0 Å². The molecule has 1 saturated heterocycles. The highest BCUT2D eigenvalue weighted by molar-refractivity contribution is 8.00. The molecule has 2 aromatic rings. The Balaban J connectivity index is 1.48. The number of carbonyl (C=O) groups is 2. The molecule has 0 bridgehead atoms. The van der Waals surface area contributed by atoms with Gasteiger partial charge in [-0.15, -0.1) is 11.8 Å². The number of carbonyl (C=O) groups excluding carboxylic acids is 2. The zero-order chi connectivity index (χ0) is 19.2. The zero-order valence-electron chi connectivity index (χ0n) is 15.9. The first-order chi connectivity index (χ1) is 13.0. The lowest BCUT2D eigenvalue weighted by atomic mass is 9.95. The summed E-state index contributed by atoms with van der Waals surface area (Å²) in [5, 5.41) is 2.85. The molecule has 1 atom stereocenters. The van der Waals surface area contributed by atoms with Crippen LogP contribution in [0.4, 0.5) is 5.69 Å². The molecule has 1 heterocycles. The number of likely N-dealkylation sites (tertiary alicyclic amines) is 1. The monoisotopic (exact) mass is 382 g/mol. The molecule has 27 heavy (non-hydrogen) atoms. The molecule has 1 fully saturated rings. The van der Waals surface area contributed by atoms with Gasteiger partial charge in [0.2, 0.25) is 11.8 Å². The number of aryl methyl sites for hydroxylation is 1. The van der Waals surface area contributed by atoms with Crippen LogP contribution in [0, 0.1) is 12.8 Å². The van der Waals surface area contributed by atoms with Gasteiger partial charge in [-0.25, -0.2) is 0 Å². The molecule has 0 aliphatic carbocycles. The number of hydrogen-bond donors (Lipinski definition) is 1. The Kier molecular flexibility index (Phi) is 6.56. The van der Waals surface area contributed by atoms with Gasteiger partial charge in [-0.05, 0) is 51.0 Å². The number of piperidine rings is 1. The Hall–Kier alpha value is -2.27. The number of amides is 2. The van der Waals surface area contributed by atoms with Crippen molar-refractivity contribution in [1.29, 1.82) is 0 Å². The van der Waals surface area contributed by atoms with Crippen molar-refractivity contribution in [3.05, 3.63) is 60.2 Å². The third-order valence-electron chi connectivity index (χ3n) is 4.90. The van der Waals surface area contributed by atoms with Crippen molar-refractivity contribution in [2.45, 2.75) is 36.8 Å². The second-order valence-corrected chi connectivity index (χ2v) is 8.44. The van der Waals surface area contributed by atoms with Crippen LogP contribution in [0.2, 0.25) is 0 Å². The van der Waals surface area contributed by atoms with Gasteiger partial charge in [-0.2, -0.15) is 0 Å². The fourth-order valence-corrected chi connectivity index (χ4v) is 4.21. The molecular weight excluding hydrogens is 356 g/mol. The number of hydrogen-bond acceptors (Lipinski definition) is 3. The van der Waals surface area contributed by atoms with E-state index in [0.717, 1.165) is 10.6 Å². The molecule has 0 radical (unpaired) electrons. The summed E-state index contributed by atoms with van der Waals surface area (Å²) in [6.45, 7) is 5.30. The molecule has 1 unspecified atom stereocenters. The van der Waals surface area contributed by atoms with Crippen molar-refractivity contribution in [2.75, 3.05) is 18.4 Å². The largest absolute Gasteiger partial charge is 0.342 e. The first-order valence-corrected chi connectivity index (χ1v) is 10.3. The molecule has 1 N–H and O–H groups in total. The Morgan fingerprint density at radius 2 is 1.67 bits per heavy atom. The van der Waals surface area contributed by atoms with Crippen LogP contribution in [-0.2, 0) is 9.59 Å². The van der Waals surface area contributed by atoms with E-state index in [1.165, 1.54) is 5.56 Å². The molecule has 3 rings (SSSR count). The second kappa shape index (κ2) is 9.09. The lowest BCUT2D eigenvalue weighted by Crippen LogP contribution is -2.44. The fourth-order valence-electron chi connectivity index (χ4n) is 3.26. The van der Waals surface area contributed by atoms with Gasteiger partial charge < -0.3 is 10.2 Å². The number of para-hydroxylation sites is 1. The maximum atomic E-state index is 12.7. The second-order valence-electron chi connectivity index (χ2n) is 7.03. The van der Waals surface area contributed by atoms with Gasteiger partial charge in [0, 0.05) is 29.6 Å². The van der Waals surface area contributed by atoms with E-state index in [4.69, 9.17) is 0 Å². The number of nitrogens with one attached hydrogen (secondary N) is 1. The molecule has 1 aliphatic rings. The van der Waals surface area contributed by atoms with Crippen LogP contribution >= 0.6 is 11.8 Å². The molecule has 0 aromatic heterocycles. The van der Waals surface area contributed by atoms with Crippen LogP contribution in [0.15, 0.2) is 59.5 Å². The summed E-state index contributed by atoms with van der Waals surface area (Å²) in [4.78, 5) is 28.2. The molecule has 0 spiro atoms. The summed E-state index contributed by atoms with van der Waals surface area (Å²) in [6, 6.07) is 17.8. The molecule has 2 amide bonds. The predicted molar refractivity (Wildman–Crippen MR) is 111 cm³/mol. The van der Waals surface area contributed by atoms with Crippen molar-refractivity contribution >= 4 is 29.3 Å². The summed E-state index contributed by atoms with van der Waals surface area (Å²) in [5.41, 5.74) is 2.04. The minimum atomic E-state index is -0.123. The number of thioether (sulfide) groups is 1. The maximum absolute atomic E-state index is 12.7. The topological polar surface area (TPSA) is 49.4 Å². The lowest BCUT2D eigenvalue weighted by Gasteiger charge is -2.33. The molecule has 4 nitrogen and oxygen atoms in total. The molecule has 0 saturated carbocycles. The Morgan fingerprint density at radius 3 is 2.30 bits per heavy atom. The van der Waals surface area contributed by atoms with E-state index in [0.29, 0.717) is 25.9 Å². The predicted octanol–water partition coefficient (Wildman–Crippen LogP) is 4.35. The van der Waals surface area contributed by atoms with Crippen LogP contribution in [-0.4, -0.2) is 35.1 Å². The Labute approximate surface area is 165 Å². The van der Waals surface area contributed by atoms with Crippen molar-refractivity contribution in [3.63, 3.8) is 0 Å². The van der Waals surface area contributed by atoms with Crippen molar-refractivity contribution in [3.8, 4) is 0 Å². The normalized spacial score (nSPS) is 16.0. The Morgan fingerprint density at radius 1 is 1.04 bits per heavy atom.